The number of nitrogens with zero attached hydrogens (tertiary/aromatic N) is 2. The molecule has 0 radical (unpaired) electrons. The van der Waals surface area contributed by atoms with Crippen molar-refractivity contribution >= 4 is 34.7 Å². The van der Waals surface area contributed by atoms with E-state index in [0.29, 0.717) is 10.0 Å². The lowest BCUT2D eigenvalue weighted by atomic mass is 10.2. The number of hydrogen-bond acceptors (Lipinski definition) is 5. The van der Waals surface area contributed by atoms with Crippen molar-refractivity contribution in [3.05, 3.63) is 35.3 Å². The fraction of sp³-hybridized carbons (Fsp3) is 0.182. The zero-order chi connectivity index (χ0) is 14.6. The molecule has 0 saturated carbocycles. The number of aromatic nitrogens is 2. The summed E-state index contributed by atoms with van der Waals surface area (Å²) >= 11 is 2.53. The second-order valence-corrected chi connectivity index (χ2v) is 5.67. The van der Waals surface area contributed by atoms with Gasteiger partial charge in [0.05, 0.1) is 11.3 Å². The van der Waals surface area contributed by atoms with Crippen LogP contribution in [0.25, 0.3) is 0 Å². The molecule has 1 aromatic carbocycles. The first kappa shape index (κ1) is 14.8. The number of rotatable bonds is 4. The van der Waals surface area contributed by atoms with Crippen LogP contribution in [0.15, 0.2) is 34.1 Å². The molecule has 0 atom stereocenters. The van der Waals surface area contributed by atoms with Gasteiger partial charge in [0.15, 0.2) is 4.34 Å². The Kier molecular flexibility index (Phi) is 4.61. The van der Waals surface area contributed by atoms with Crippen LogP contribution in [-0.2, 0) is 11.0 Å². The van der Waals surface area contributed by atoms with E-state index in [1.807, 2.05) is 0 Å². The minimum Gasteiger partial charge on any atom is -0.325 e. The number of thioether (sulfide) groups is 1. The Bertz CT molecular complexity index is 570. The molecule has 9 heteroatoms. The smallest absolute Gasteiger partial charge is 0.325 e. The van der Waals surface area contributed by atoms with Gasteiger partial charge < -0.3 is 5.32 Å². The number of halogens is 3. The van der Waals surface area contributed by atoms with Gasteiger partial charge >= 0.3 is 6.18 Å². The Morgan fingerprint density at radius 2 is 2.00 bits per heavy atom. The van der Waals surface area contributed by atoms with Gasteiger partial charge in [0, 0.05) is 5.69 Å². The van der Waals surface area contributed by atoms with Crippen molar-refractivity contribution in [3.63, 3.8) is 0 Å². The topological polar surface area (TPSA) is 54.9 Å². The Balaban J connectivity index is 1.88. The predicted molar refractivity (Wildman–Crippen MR) is 70.7 cm³/mol. The van der Waals surface area contributed by atoms with Gasteiger partial charge in [-0.3, -0.25) is 4.79 Å². The molecule has 0 aliphatic heterocycles. The van der Waals surface area contributed by atoms with Crippen LogP contribution >= 0.6 is 23.1 Å². The average Bonchev–Trinajstić information content (AvgIpc) is 2.89. The molecule has 0 spiro atoms. The number of nitrogens with one attached hydrogen (secondary N) is 1. The van der Waals surface area contributed by atoms with E-state index >= 15 is 0 Å². The van der Waals surface area contributed by atoms with E-state index in [1.54, 1.807) is 5.51 Å². The highest BCUT2D eigenvalue weighted by molar-refractivity contribution is 8.01. The SMILES string of the molecule is O=C(CSc1nncs1)Nc1ccc(C(F)(F)F)cc1. The molecule has 0 aliphatic rings. The maximum Gasteiger partial charge on any atom is 0.416 e. The van der Waals surface area contributed by atoms with Crippen LogP contribution in [0, 0.1) is 0 Å². The number of hydrogen-bond donors (Lipinski definition) is 1. The molecule has 4 nitrogen and oxygen atoms in total. The Morgan fingerprint density at radius 1 is 1.30 bits per heavy atom. The molecule has 106 valence electrons. The summed E-state index contributed by atoms with van der Waals surface area (Å²) in [6.07, 6.45) is -4.38. The van der Waals surface area contributed by atoms with Crippen LogP contribution in [0.5, 0.6) is 0 Å². The van der Waals surface area contributed by atoms with E-state index in [0.717, 1.165) is 12.1 Å². The number of benzene rings is 1. The zero-order valence-corrected chi connectivity index (χ0v) is 11.5. The number of amides is 1. The fourth-order valence-electron chi connectivity index (χ4n) is 1.29. The van der Waals surface area contributed by atoms with Gasteiger partial charge in [-0.25, -0.2) is 0 Å². The number of carbonyl (C=O) groups is 1. The maximum atomic E-state index is 12.4. The lowest BCUT2D eigenvalue weighted by molar-refractivity contribution is -0.137. The first-order chi connectivity index (χ1) is 9.45. The fourth-order valence-corrected chi connectivity index (χ4v) is 2.58. The summed E-state index contributed by atoms with van der Waals surface area (Å²) in [6.45, 7) is 0. The van der Waals surface area contributed by atoms with Gasteiger partial charge in [-0.2, -0.15) is 13.2 Å². The summed E-state index contributed by atoms with van der Waals surface area (Å²) in [4.78, 5) is 11.6. The van der Waals surface area contributed by atoms with Gasteiger partial charge in [0.25, 0.3) is 0 Å². The lowest BCUT2D eigenvalue weighted by Gasteiger charge is -2.08. The van der Waals surface area contributed by atoms with Gasteiger partial charge in [-0.05, 0) is 24.3 Å². The molecule has 1 amide bonds. The van der Waals surface area contributed by atoms with Crippen molar-refractivity contribution in [3.8, 4) is 0 Å². The van der Waals surface area contributed by atoms with Crippen LogP contribution < -0.4 is 5.32 Å². The molecule has 1 aromatic heterocycles. The maximum absolute atomic E-state index is 12.4. The quantitative estimate of drug-likeness (QED) is 0.879. The van der Waals surface area contributed by atoms with Crippen LogP contribution in [0.1, 0.15) is 5.56 Å². The number of anilines is 1. The van der Waals surface area contributed by atoms with Crippen LogP contribution in [0.2, 0.25) is 0 Å². The van der Waals surface area contributed by atoms with Crippen molar-refractivity contribution in [2.45, 2.75) is 10.5 Å². The molecule has 20 heavy (non-hydrogen) atoms. The molecular formula is C11H8F3N3OS2. The summed E-state index contributed by atoms with van der Waals surface area (Å²) < 4.78 is 37.7. The summed E-state index contributed by atoms with van der Waals surface area (Å²) in [5, 5.41) is 9.90. The Morgan fingerprint density at radius 3 is 2.55 bits per heavy atom. The highest BCUT2D eigenvalue weighted by Gasteiger charge is 2.29. The molecular weight excluding hydrogens is 311 g/mol. The summed E-state index contributed by atoms with van der Waals surface area (Å²) in [5.74, 6) is -0.194. The van der Waals surface area contributed by atoms with E-state index in [9.17, 15) is 18.0 Å². The first-order valence-electron chi connectivity index (χ1n) is 5.31. The second kappa shape index (κ2) is 6.23. The first-order valence-corrected chi connectivity index (χ1v) is 7.18. The van der Waals surface area contributed by atoms with E-state index < -0.39 is 11.7 Å². The largest absolute Gasteiger partial charge is 0.416 e. The molecule has 0 saturated heterocycles. The van der Waals surface area contributed by atoms with Crippen LogP contribution in [-0.4, -0.2) is 21.9 Å². The van der Waals surface area contributed by atoms with E-state index in [-0.39, 0.29) is 11.7 Å². The molecule has 2 aromatic rings. The highest BCUT2D eigenvalue weighted by atomic mass is 32.2. The third-order valence-corrected chi connectivity index (χ3v) is 4.02. The molecule has 0 bridgehead atoms. The summed E-state index contributed by atoms with van der Waals surface area (Å²) in [7, 11) is 0. The van der Waals surface area contributed by atoms with Crippen molar-refractivity contribution in [1.82, 2.24) is 10.2 Å². The van der Waals surface area contributed by atoms with Crippen LogP contribution in [0.3, 0.4) is 0 Å². The third-order valence-electron chi connectivity index (χ3n) is 2.16. The number of carbonyl (C=O) groups excluding carboxylic acids is 1. The summed E-state index contributed by atoms with van der Waals surface area (Å²) in [5.41, 5.74) is 1.12. The van der Waals surface area contributed by atoms with E-state index in [4.69, 9.17) is 0 Å². The Hall–Kier alpha value is -1.61. The highest BCUT2D eigenvalue weighted by Crippen LogP contribution is 2.29. The molecule has 0 unspecified atom stereocenters. The van der Waals surface area contributed by atoms with Crippen molar-refractivity contribution in [2.75, 3.05) is 11.1 Å². The summed E-state index contributed by atoms with van der Waals surface area (Å²) in [6, 6.07) is 4.29. The zero-order valence-electron chi connectivity index (χ0n) is 9.85. The van der Waals surface area contributed by atoms with Crippen molar-refractivity contribution < 1.29 is 18.0 Å². The minimum absolute atomic E-state index is 0.121. The number of alkyl halides is 3. The molecule has 1 heterocycles. The predicted octanol–water partition coefficient (Wildman–Crippen LogP) is 3.29. The minimum atomic E-state index is -4.38. The van der Waals surface area contributed by atoms with Gasteiger partial charge in [-0.15, -0.1) is 10.2 Å². The monoisotopic (exact) mass is 319 g/mol. The normalized spacial score (nSPS) is 11.3. The van der Waals surface area contributed by atoms with Crippen molar-refractivity contribution in [2.24, 2.45) is 0 Å². The standard InChI is InChI=1S/C11H8F3N3OS2/c12-11(13,14)7-1-3-8(4-2-7)16-9(18)5-19-10-17-15-6-20-10/h1-4,6H,5H2,(H,16,18). The van der Waals surface area contributed by atoms with E-state index in [1.165, 1.54) is 35.2 Å². The third kappa shape index (κ3) is 4.20. The second-order valence-electron chi connectivity index (χ2n) is 3.62. The molecule has 1 N–H and O–H groups in total. The van der Waals surface area contributed by atoms with Crippen molar-refractivity contribution in [1.29, 1.82) is 0 Å². The van der Waals surface area contributed by atoms with Gasteiger partial charge in [0.2, 0.25) is 5.91 Å². The average molecular weight is 319 g/mol. The molecule has 0 fully saturated rings. The van der Waals surface area contributed by atoms with Gasteiger partial charge in [0.1, 0.15) is 5.51 Å². The van der Waals surface area contributed by atoms with E-state index in [2.05, 4.69) is 15.5 Å². The van der Waals surface area contributed by atoms with Gasteiger partial charge in [-0.1, -0.05) is 23.1 Å². The molecule has 2 rings (SSSR count). The van der Waals surface area contributed by atoms with Crippen LogP contribution in [0.4, 0.5) is 18.9 Å². The lowest BCUT2D eigenvalue weighted by Crippen LogP contribution is -2.14. The molecule has 0 aliphatic carbocycles. The Labute approximate surface area is 120 Å².